The van der Waals surface area contributed by atoms with Gasteiger partial charge in [-0.3, -0.25) is 0 Å². The second-order valence-corrected chi connectivity index (χ2v) is 23.6. The first-order chi connectivity index (χ1) is 30.5. The number of ether oxygens (including phenoxy) is 4. The van der Waals surface area contributed by atoms with E-state index < -0.39 is 37.8 Å². The van der Waals surface area contributed by atoms with E-state index in [0.29, 0.717) is 60.2 Å². The van der Waals surface area contributed by atoms with Gasteiger partial charge in [0.1, 0.15) is 6.79 Å². The summed E-state index contributed by atoms with van der Waals surface area (Å²) >= 11 is 0. The average Bonchev–Trinajstić information content (AvgIpc) is 3.33. The lowest BCUT2D eigenvalue weighted by Gasteiger charge is -2.50. The van der Waals surface area contributed by atoms with Gasteiger partial charge in [0.2, 0.25) is 5.75 Å². The Hall–Kier alpha value is -1.88. The van der Waals surface area contributed by atoms with Crippen LogP contribution in [-0.4, -0.2) is 118 Å². The monoisotopic (exact) mass is 949 g/mol. The quantitative estimate of drug-likeness (QED) is 0.0675. The number of nitrogens with one attached hydrogen (secondary N) is 1. The Labute approximate surface area is 388 Å². The number of phenols is 2. The standard InChI is InChI=1S/C47H67NO11S4/c1-28-11-31-20-47(19-28)9-7-29(23-60-61-24-31)21-48-22-33-4-6-35(16-38(33)47)59-42-15-32-3-5-34(57-26-50)17-39(52)37(12-30-13-43(56-2)46(55)44(14-30)58-27-51)41(54)25-62-63-45(8-10-49)36(32)18-40(42)53/h13-15,18,28-29,31,33-35,37-39,41,45,48-55H,3-6,8,10-12,16-17,19-27H2,1-2H3/t28-,29-,31-,33-,34+,35+,37+,38+,39-,41+,45+,47-/m1/s1. The lowest BCUT2D eigenvalue weighted by molar-refractivity contribution is -0.0808. The zero-order valence-corrected chi connectivity index (χ0v) is 39.8. The molecular weight excluding hydrogens is 883 g/mol. The smallest absolute Gasteiger partial charge is 0.200 e. The van der Waals surface area contributed by atoms with Crippen LogP contribution in [0.5, 0.6) is 28.7 Å². The summed E-state index contributed by atoms with van der Waals surface area (Å²) in [6.07, 6.45) is 5.19. The molecule has 12 nitrogen and oxygen atoms in total. The van der Waals surface area contributed by atoms with Crippen molar-refractivity contribution >= 4 is 43.2 Å². The van der Waals surface area contributed by atoms with Gasteiger partial charge in [-0.25, -0.2) is 0 Å². The Morgan fingerprint density at radius 1 is 0.841 bits per heavy atom. The molecule has 0 amide bonds. The fourth-order valence-electron chi connectivity index (χ4n) is 11.0. The van der Waals surface area contributed by atoms with Gasteiger partial charge >= 0.3 is 0 Å². The molecule has 5 aliphatic rings. The van der Waals surface area contributed by atoms with Crippen LogP contribution >= 0.6 is 43.2 Å². The van der Waals surface area contributed by atoms with Crippen LogP contribution in [0.3, 0.4) is 0 Å². The molecule has 16 heteroatoms. The average molecular weight is 950 g/mol. The molecule has 8 N–H and O–H groups in total. The molecule has 2 fully saturated rings. The van der Waals surface area contributed by atoms with Gasteiger partial charge < -0.3 is 60.0 Å². The van der Waals surface area contributed by atoms with Crippen molar-refractivity contribution in [3.63, 3.8) is 0 Å². The summed E-state index contributed by atoms with van der Waals surface area (Å²) in [5, 5.41) is 79.0. The van der Waals surface area contributed by atoms with Crippen molar-refractivity contribution in [2.75, 3.05) is 57.7 Å². The van der Waals surface area contributed by atoms with Gasteiger partial charge in [-0.05, 0) is 142 Å². The summed E-state index contributed by atoms with van der Waals surface area (Å²) in [5.74, 6) is 12.4. The third-order valence-electron chi connectivity index (χ3n) is 14.0. The van der Waals surface area contributed by atoms with Crippen LogP contribution in [0, 0.1) is 52.8 Å². The summed E-state index contributed by atoms with van der Waals surface area (Å²) < 4.78 is 23.3. The van der Waals surface area contributed by atoms with Crippen LogP contribution in [0.4, 0.5) is 0 Å². The van der Waals surface area contributed by atoms with Gasteiger partial charge in [0, 0.05) is 52.9 Å². The first-order valence-corrected chi connectivity index (χ1v) is 27.5. The number of methoxy groups -OCH3 is 1. The molecule has 3 aliphatic heterocycles. The summed E-state index contributed by atoms with van der Waals surface area (Å²) in [6, 6.07) is 6.89. The van der Waals surface area contributed by atoms with Crippen LogP contribution in [0.25, 0.3) is 0 Å². The number of hydrogen-bond donors (Lipinski definition) is 8. The number of rotatable bonds is 11. The van der Waals surface area contributed by atoms with Crippen LogP contribution in [0.15, 0.2) is 24.3 Å². The van der Waals surface area contributed by atoms with Crippen LogP contribution in [0.2, 0.25) is 0 Å². The molecule has 63 heavy (non-hydrogen) atoms. The predicted octanol–water partition coefficient (Wildman–Crippen LogP) is 6.70. The molecular formula is C47H67NO11S4. The first-order valence-electron chi connectivity index (χ1n) is 22.6. The largest absolute Gasteiger partial charge is 0.504 e. The highest BCUT2D eigenvalue weighted by atomic mass is 33.1. The van der Waals surface area contributed by atoms with Crippen molar-refractivity contribution < 1.29 is 54.7 Å². The van der Waals surface area contributed by atoms with Gasteiger partial charge in [-0.1, -0.05) is 61.9 Å². The maximum Gasteiger partial charge on any atom is 0.200 e. The van der Waals surface area contributed by atoms with E-state index in [2.05, 4.69) is 24.1 Å². The molecule has 1 spiro atoms. The van der Waals surface area contributed by atoms with E-state index in [0.717, 1.165) is 62.1 Å². The van der Waals surface area contributed by atoms with Crippen LogP contribution in [-0.2, 0) is 17.6 Å². The van der Waals surface area contributed by atoms with E-state index in [1.165, 1.54) is 40.9 Å². The second kappa shape index (κ2) is 23.2. The highest BCUT2D eigenvalue weighted by molar-refractivity contribution is 8.77. The minimum Gasteiger partial charge on any atom is -0.504 e. The van der Waals surface area contributed by atoms with Gasteiger partial charge in [0.25, 0.3) is 0 Å². The number of fused-ring (bicyclic) bond motifs is 4. The molecule has 350 valence electrons. The van der Waals surface area contributed by atoms with Crippen molar-refractivity contribution in [3.8, 4) is 40.6 Å². The van der Waals surface area contributed by atoms with E-state index in [1.807, 2.05) is 27.7 Å². The number of phenolic OH excluding ortho intramolecular Hbond substituents is 2. The van der Waals surface area contributed by atoms with E-state index in [4.69, 9.17) is 18.9 Å². The van der Waals surface area contributed by atoms with E-state index in [9.17, 15) is 35.7 Å². The molecule has 2 aliphatic carbocycles. The highest BCUT2D eigenvalue weighted by Gasteiger charge is 2.50. The Morgan fingerprint density at radius 3 is 2.46 bits per heavy atom. The number of aromatic hydroxyl groups is 2. The lowest BCUT2D eigenvalue weighted by Crippen LogP contribution is -2.48. The summed E-state index contributed by atoms with van der Waals surface area (Å²) in [6.45, 7) is 3.02. The summed E-state index contributed by atoms with van der Waals surface area (Å²) in [4.78, 5) is 0. The molecule has 0 unspecified atom stereocenters. The second-order valence-electron chi connectivity index (χ2n) is 18.4. The highest BCUT2D eigenvalue weighted by Crippen LogP contribution is 2.55. The molecule has 2 saturated carbocycles. The maximum atomic E-state index is 11.8. The van der Waals surface area contributed by atoms with Crippen molar-refractivity contribution in [3.05, 3.63) is 41.0 Å². The summed E-state index contributed by atoms with van der Waals surface area (Å²) in [5.41, 5.74) is 2.35. The molecule has 2 aromatic rings. The topological polar surface area (TPSA) is 191 Å². The number of aliphatic hydroxyl groups is 5. The van der Waals surface area contributed by atoms with Gasteiger partial charge in [-0.2, -0.15) is 0 Å². The van der Waals surface area contributed by atoms with Crippen molar-refractivity contribution in [2.45, 2.75) is 107 Å². The number of hydrogen-bond acceptors (Lipinski definition) is 16. The van der Waals surface area contributed by atoms with Gasteiger partial charge in [0.15, 0.2) is 29.8 Å². The van der Waals surface area contributed by atoms with Crippen LogP contribution in [0.1, 0.15) is 86.7 Å². The Bertz CT molecular complexity index is 1870. The number of benzene rings is 2. The Kier molecular flexibility index (Phi) is 18.1. The Balaban J connectivity index is 1.14. The maximum absolute atomic E-state index is 11.8. The minimum atomic E-state index is -1.05. The number of aryl methyl sites for hydroxylation is 1. The zero-order valence-electron chi connectivity index (χ0n) is 36.5. The van der Waals surface area contributed by atoms with Crippen molar-refractivity contribution in [1.29, 1.82) is 0 Å². The van der Waals surface area contributed by atoms with E-state index in [1.54, 1.807) is 18.2 Å². The van der Waals surface area contributed by atoms with Crippen molar-refractivity contribution in [2.24, 2.45) is 40.9 Å². The number of aliphatic hydroxyl groups excluding tert-OH is 5. The van der Waals surface area contributed by atoms with Gasteiger partial charge in [0.05, 0.1) is 31.5 Å². The van der Waals surface area contributed by atoms with E-state index in [-0.39, 0.29) is 65.0 Å². The molecule has 2 aromatic carbocycles. The molecule has 0 saturated heterocycles. The fourth-order valence-corrected chi connectivity index (χ4v) is 16.6. The fraction of sp³-hybridized carbons (Fsp3) is 0.702. The molecule has 0 radical (unpaired) electrons. The molecule has 12 atom stereocenters. The Morgan fingerprint density at radius 2 is 1.67 bits per heavy atom. The van der Waals surface area contributed by atoms with Crippen LogP contribution < -0.4 is 19.5 Å². The normalized spacial score (nSPS) is 34.1. The third kappa shape index (κ3) is 12.4. The molecule has 3 bridgehead atoms. The molecule has 7 rings (SSSR count). The predicted molar refractivity (Wildman–Crippen MR) is 252 cm³/mol. The molecule has 0 aromatic heterocycles. The lowest BCUT2D eigenvalue weighted by atomic mass is 9.55. The molecule has 3 heterocycles. The minimum absolute atomic E-state index is 0.0105. The van der Waals surface area contributed by atoms with Gasteiger partial charge in [-0.15, -0.1) is 0 Å². The van der Waals surface area contributed by atoms with Crippen molar-refractivity contribution in [1.82, 2.24) is 5.32 Å². The van der Waals surface area contributed by atoms with E-state index >= 15 is 0 Å². The SMILES string of the molecule is COc1cc(C[C@H]2[C@H](O)C[C@@H](OCO)CCc3cc(O[C@H]4CC[C@@H]5CNC[C@H]6C#C[C@]7(C[C@H](C)C[C@@H](CSSC6)C7)[C@H]5C4)c(O)cc3[C@H](CCO)SSC[C@@H]2O)cc(OCO)c1O. The summed E-state index contributed by atoms with van der Waals surface area (Å²) in [7, 11) is 8.36. The first kappa shape index (κ1) is 49.0. The third-order valence-corrected chi connectivity index (χ3v) is 19.4. The zero-order chi connectivity index (χ0) is 44.5.